The van der Waals surface area contributed by atoms with Gasteiger partial charge in [0.2, 0.25) is 5.91 Å². The Labute approximate surface area is 177 Å². The summed E-state index contributed by atoms with van der Waals surface area (Å²) in [6.45, 7) is 2.15. The first-order valence-corrected chi connectivity index (χ1v) is 10.4. The molecule has 2 amide bonds. The Morgan fingerprint density at radius 2 is 1.80 bits per heavy atom. The third-order valence-corrected chi connectivity index (χ3v) is 5.48. The highest BCUT2D eigenvalue weighted by molar-refractivity contribution is 6.10. The van der Waals surface area contributed by atoms with Crippen LogP contribution in [0.15, 0.2) is 54.6 Å². The number of anilines is 1. The molecule has 1 N–H and O–H groups in total. The molecule has 1 aliphatic rings. The van der Waals surface area contributed by atoms with Crippen LogP contribution < -0.4 is 10.2 Å². The molecule has 6 heteroatoms. The summed E-state index contributed by atoms with van der Waals surface area (Å²) in [7, 11) is 1.70. The molecule has 2 atom stereocenters. The van der Waals surface area contributed by atoms with E-state index >= 15 is 0 Å². The summed E-state index contributed by atoms with van der Waals surface area (Å²) in [5, 5.41) is 2.87. The maximum absolute atomic E-state index is 12.9. The SMILES string of the molecule is CCOC(=O)C[C@H](CCC[C@H]1NC(=O)c2ccccc2N(C)C1=O)c1ccccc1. The number of benzene rings is 2. The predicted octanol–water partition coefficient (Wildman–Crippen LogP) is 3.67. The van der Waals surface area contributed by atoms with Crippen molar-refractivity contribution in [2.45, 2.75) is 44.6 Å². The van der Waals surface area contributed by atoms with Crippen LogP contribution in [-0.4, -0.2) is 37.5 Å². The van der Waals surface area contributed by atoms with Crippen molar-refractivity contribution in [1.29, 1.82) is 0 Å². The van der Waals surface area contributed by atoms with Crippen LogP contribution in [0.3, 0.4) is 0 Å². The van der Waals surface area contributed by atoms with Crippen LogP contribution in [0.1, 0.15) is 54.4 Å². The van der Waals surface area contributed by atoms with Crippen molar-refractivity contribution >= 4 is 23.5 Å². The van der Waals surface area contributed by atoms with Gasteiger partial charge in [-0.25, -0.2) is 0 Å². The number of carbonyl (C=O) groups excluding carboxylic acids is 3. The molecule has 158 valence electrons. The van der Waals surface area contributed by atoms with Crippen molar-refractivity contribution in [2.24, 2.45) is 0 Å². The summed E-state index contributed by atoms with van der Waals surface area (Å²) >= 11 is 0. The van der Waals surface area contributed by atoms with E-state index in [-0.39, 0.29) is 23.7 Å². The first-order valence-electron chi connectivity index (χ1n) is 10.4. The van der Waals surface area contributed by atoms with Crippen LogP contribution in [0.2, 0.25) is 0 Å². The van der Waals surface area contributed by atoms with Crippen LogP contribution >= 0.6 is 0 Å². The molecule has 0 bridgehead atoms. The lowest BCUT2D eigenvalue weighted by molar-refractivity contribution is -0.143. The van der Waals surface area contributed by atoms with Crippen molar-refractivity contribution in [3.63, 3.8) is 0 Å². The Bertz CT molecular complexity index is 897. The molecule has 0 radical (unpaired) electrons. The quantitative estimate of drug-likeness (QED) is 0.676. The molecule has 0 fully saturated rings. The van der Waals surface area contributed by atoms with Crippen LogP contribution in [0.4, 0.5) is 5.69 Å². The van der Waals surface area contributed by atoms with Crippen LogP contribution in [-0.2, 0) is 14.3 Å². The third-order valence-electron chi connectivity index (χ3n) is 5.48. The minimum atomic E-state index is -0.589. The first kappa shape index (κ1) is 21.6. The molecule has 3 rings (SSSR count). The number of nitrogens with one attached hydrogen (secondary N) is 1. The van der Waals surface area contributed by atoms with Gasteiger partial charge in [0.25, 0.3) is 5.91 Å². The van der Waals surface area contributed by atoms with Crippen molar-refractivity contribution in [1.82, 2.24) is 5.32 Å². The molecule has 1 heterocycles. The molecule has 0 unspecified atom stereocenters. The molecule has 0 saturated heterocycles. The maximum Gasteiger partial charge on any atom is 0.306 e. The van der Waals surface area contributed by atoms with Gasteiger partial charge in [0.1, 0.15) is 6.04 Å². The number of amides is 2. The highest BCUT2D eigenvalue weighted by atomic mass is 16.5. The number of ether oxygens (including phenoxy) is 1. The summed E-state index contributed by atoms with van der Waals surface area (Å²) in [4.78, 5) is 39.1. The molecule has 2 aromatic carbocycles. The minimum Gasteiger partial charge on any atom is -0.466 e. The highest BCUT2D eigenvalue weighted by Crippen LogP contribution is 2.28. The standard InChI is InChI=1S/C24H28N2O4/c1-3-30-22(27)16-18(17-10-5-4-6-11-17)12-9-14-20-24(29)26(2)21-15-8-7-13-19(21)23(28)25-20/h4-8,10-11,13,15,18,20H,3,9,12,14,16H2,1-2H3,(H,25,28)/t18-,20+/m0/s1. The zero-order valence-corrected chi connectivity index (χ0v) is 17.5. The third kappa shape index (κ3) is 5.06. The molecular formula is C24H28N2O4. The average Bonchev–Trinajstić information content (AvgIpc) is 2.85. The van der Waals surface area contributed by atoms with Gasteiger partial charge in [-0.2, -0.15) is 0 Å². The van der Waals surface area contributed by atoms with E-state index in [0.29, 0.717) is 37.1 Å². The van der Waals surface area contributed by atoms with E-state index in [0.717, 1.165) is 12.0 Å². The van der Waals surface area contributed by atoms with Gasteiger partial charge in [-0.15, -0.1) is 0 Å². The number of likely N-dealkylation sites (N-methyl/N-ethyl adjacent to an activating group) is 1. The lowest BCUT2D eigenvalue weighted by atomic mass is 9.90. The lowest BCUT2D eigenvalue weighted by Crippen LogP contribution is -2.44. The average molecular weight is 408 g/mol. The van der Waals surface area contributed by atoms with E-state index in [2.05, 4.69) is 5.32 Å². The van der Waals surface area contributed by atoms with E-state index in [1.54, 1.807) is 37.1 Å². The number of hydrogen-bond acceptors (Lipinski definition) is 4. The fourth-order valence-corrected chi connectivity index (χ4v) is 3.91. The van der Waals surface area contributed by atoms with E-state index in [4.69, 9.17) is 4.74 Å². The molecule has 6 nitrogen and oxygen atoms in total. The number of fused-ring (bicyclic) bond motifs is 1. The zero-order valence-electron chi connectivity index (χ0n) is 17.5. The van der Waals surface area contributed by atoms with Crippen LogP contribution in [0.25, 0.3) is 0 Å². The van der Waals surface area contributed by atoms with E-state index in [1.807, 2.05) is 36.4 Å². The summed E-state index contributed by atoms with van der Waals surface area (Å²) in [5.41, 5.74) is 2.19. The fraction of sp³-hybridized carbons (Fsp3) is 0.375. The number of carbonyl (C=O) groups is 3. The van der Waals surface area contributed by atoms with Gasteiger partial charge >= 0.3 is 5.97 Å². The summed E-state index contributed by atoms with van der Waals surface area (Å²) in [5.74, 6) is -0.577. The number of para-hydroxylation sites is 1. The van der Waals surface area contributed by atoms with E-state index < -0.39 is 6.04 Å². The topological polar surface area (TPSA) is 75.7 Å². The van der Waals surface area contributed by atoms with Crippen molar-refractivity contribution < 1.29 is 19.1 Å². The van der Waals surface area contributed by atoms with Gasteiger partial charge in [-0.3, -0.25) is 14.4 Å². The molecule has 2 aromatic rings. The monoisotopic (exact) mass is 408 g/mol. The van der Waals surface area contributed by atoms with Crippen molar-refractivity contribution in [3.05, 3.63) is 65.7 Å². The van der Waals surface area contributed by atoms with Gasteiger partial charge in [0.05, 0.1) is 24.3 Å². The maximum atomic E-state index is 12.9. The predicted molar refractivity (Wildman–Crippen MR) is 115 cm³/mol. The largest absolute Gasteiger partial charge is 0.466 e. The van der Waals surface area contributed by atoms with E-state index in [9.17, 15) is 14.4 Å². The number of rotatable bonds is 8. The Morgan fingerprint density at radius 3 is 2.53 bits per heavy atom. The molecule has 1 aliphatic heterocycles. The minimum absolute atomic E-state index is 0.0109. The number of hydrogen-bond donors (Lipinski definition) is 1. The van der Waals surface area contributed by atoms with Crippen LogP contribution in [0.5, 0.6) is 0 Å². The lowest BCUT2D eigenvalue weighted by Gasteiger charge is -2.22. The fourth-order valence-electron chi connectivity index (χ4n) is 3.91. The Balaban J connectivity index is 1.66. The van der Waals surface area contributed by atoms with E-state index in [1.165, 1.54) is 0 Å². The summed E-state index contributed by atoms with van der Waals surface area (Å²) in [6.07, 6.45) is 2.22. The number of esters is 1. The van der Waals surface area contributed by atoms with Gasteiger partial charge in [-0.05, 0) is 43.4 Å². The molecule has 0 aliphatic carbocycles. The van der Waals surface area contributed by atoms with Gasteiger partial charge in [0, 0.05) is 7.05 Å². The second kappa shape index (κ2) is 10.1. The molecule has 0 aromatic heterocycles. The zero-order chi connectivity index (χ0) is 21.5. The Hall–Kier alpha value is -3.15. The van der Waals surface area contributed by atoms with Crippen LogP contribution in [0, 0.1) is 0 Å². The smallest absolute Gasteiger partial charge is 0.306 e. The van der Waals surface area contributed by atoms with Crippen molar-refractivity contribution in [3.8, 4) is 0 Å². The second-order valence-corrected chi connectivity index (χ2v) is 7.49. The molecular weight excluding hydrogens is 380 g/mol. The second-order valence-electron chi connectivity index (χ2n) is 7.49. The Kier molecular flexibility index (Phi) is 7.22. The number of nitrogens with zero attached hydrogens (tertiary/aromatic N) is 1. The summed E-state index contributed by atoms with van der Waals surface area (Å²) in [6, 6.07) is 16.4. The molecule has 30 heavy (non-hydrogen) atoms. The van der Waals surface area contributed by atoms with Crippen molar-refractivity contribution in [2.75, 3.05) is 18.6 Å². The molecule has 0 spiro atoms. The normalized spacial score (nSPS) is 17.0. The Morgan fingerprint density at radius 1 is 1.10 bits per heavy atom. The summed E-state index contributed by atoms with van der Waals surface area (Å²) < 4.78 is 5.13. The highest BCUT2D eigenvalue weighted by Gasteiger charge is 2.31. The van der Waals surface area contributed by atoms with Gasteiger partial charge < -0.3 is 15.0 Å². The van der Waals surface area contributed by atoms with Gasteiger partial charge in [-0.1, -0.05) is 48.9 Å². The molecule has 0 saturated carbocycles. The first-order chi connectivity index (χ1) is 14.5. The van der Waals surface area contributed by atoms with Gasteiger partial charge in [0.15, 0.2) is 0 Å².